The zero-order chi connectivity index (χ0) is 14.9. The van der Waals surface area contributed by atoms with E-state index in [9.17, 15) is 13.2 Å². The van der Waals surface area contributed by atoms with Crippen molar-refractivity contribution in [1.82, 2.24) is 10.0 Å². The molecule has 1 saturated heterocycles. The van der Waals surface area contributed by atoms with E-state index in [1.807, 2.05) is 0 Å². The van der Waals surface area contributed by atoms with Crippen molar-refractivity contribution in [3.8, 4) is 0 Å². The molecule has 2 aliphatic rings. The predicted octanol–water partition coefficient (Wildman–Crippen LogP) is 0.602. The van der Waals surface area contributed by atoms with Crippen molar-refractivity contribution in [2.45, 2.75) is 36.6 Å². The van der Waals surface area contributed by atoms with Crippen LogP contribution in [0.4, 0.5) is 5.69 Å². The van der Waals surface area contributed by atoms with E-state index in [1.54, 1.807) is 12.1 Å². The molecule has 1 amide bonds. The largest absolute Gasteiger partial charge is 0.326 e. The van der Waals surface area contributed by atoms with Crippen LogP contribution in [0.3, 0.4) is 0 Å². The molecule has 1 unspecified atom stereocenters. The van der Waals surface area contributed by atoms with E-state index < -0.39 is 10.0 Å². The van der Waals surface area contributed by atoms with Crippen LogP contribution in [0.15, 0.2) is 23.1 Å². The Bertz CT molecular complexity index is 651. The fourth-order valence-electron chi connectivity index (χ4n) is 2.83. The van der Waals surface area contributed by atoms with Gasteiger partial charge in [0.15, 0.2) is 0 Å². The Hall–Kier alpha value is -1.44. The molecule has 3 N–H and O–H groups in total. The minimum atomic E-state index is -3.51. The Labute approximate surface area is 124 Å². The van der Waals surface area contributed by atoms with Crippen LogP contribution in [-0.2, 0) is 21.2 Å². The zero-order valence-electron chi connectivity index (χ0n) is 11.7. The van der Waals surface area contributed by atoms with Crippen molar-refractivity contribution >= 4 is 21.6 Å². The van der Waals surface area contributed by atoms with E-state index in [-0.39, 0.29) is 17.2 Å². The SMILES string of the molecule is O=C1Cc2cc(S(=O)(=O)NCCC3CCCN3)ccc2N1. The third kappa shape index (κ3) is 3.25. The summed E-state index contributed by atoms with van der Waals surface area (Å²) in [7, 11) is -3.51. The second kappa shape index (κ2) is 5.75. The lowest BCUT2D eigenvalue weighted by atomic mass is 10.2. The topological polar surface area (TPSA) is 87.3 Å². The molecule has 0 saturated carbocycles. The first-order valence-corrected chi connectivity index (χ1v) is 8.69. The van der Waals surface area contributed by atoms with Crippen LogP contribution < -0.4 is 15.4 Å². The van der Waals surface area contributed by atoms with Crippen LogP contribution in [0.5, 0.6) is 0 Å². The summed E-state index contributed by atoms with van der Waals surface area (Å²) in [6.45, 7) is 1.44. The second-order valence-corrected chi connectivity index (χ2v) is 7.29. The highest BCUT2D eigenvalue weighted by Gasteiger charge is 2.22. The molecule has 21 heavy (non-hydrogen) atoms. The summed E-state index contributed by atoms with van der Waals surface area (Å²) in [5, 5.41) is 6.03. The highest BCUT2D eigenvalue weighted by atomic mass is 32.2. The number of benzene rings is 1. The quantitative estimate of drug-likeness (QED) is 0.743. The summed E-state index contributed by atoms with van der Waals surface area (Å²) in [5.74, 6) is -0.0974. The fraction of sp³-hybridized carbons (Fsp3) is 0.500. The number of rotatable bonds is 5. The van der Waals surface area contributed by atoms with Crippen molar-refractivity contribution in [2.75, 3.05) is 18.4 Å². The zero-order valence-corrected chi connectivity index (χ0v) is 12.5. The van der Waals surface area contributed by atoms with Gasteiger partial charge in [-0.3, -0.25) is 4.79 Å². The van der Waals surface area contributed by atoms with Crippen molar-refractivity contribution in [3.63, 3.8) is 0 Å². The monoisotopic (exact) mass is 309 g/mol. The van der Waals surface area contributed by atoms with Crippen LogP contribution in [-0.4, -0.2) is 33.5 Å². The Balaban J connectivity index is 1.64. The molecule has 7 heteroatoms. The molecule has 0 spiro atoms. The lowest BCUT2D eigenvalue weighted by Gasteiger charge is -2.11. The molecule has 114 valence electrons. The summed E-state index contributed by atoms with van der Waals surface area (Å²) in [4.78, 5) is 11.5. The third-order valence-corrected chi connectivity index (χ3v) is 5.42. The first-order chi connectivity index (χ1) is 10.0. The van der Waals surface area contributed by atoms with Crippen LogP contribution in [0.1, 0.15) is 24.8 Å². The van der Waals surface area contributed by atoms with Gasteiger partial charge in [-0.1, -0.05) is 0 Å². The standard InChI is InChI=1S/C14H19N3O3S/c18-14-9-10-8-12(3-4-13(10)17-14)21(19,20)16-7-5-11-2-1-6-15-11/h3-4,8,11,15-16H,1-2,5-7,9H2,(H,17,18). The molecule has 0 aliphatic carbocycles. The molecule has 1 aromatic rings. The molecule has 3 rings (SSSR count). The van der Waals surface area contributed by atoms with Gasteiger partial charge in [-0.15, -0.1) is 0 Å². The maximum Gasteiger partial charge on any atom is 0.240 e. The maximum absolute atomic E-state index is 12.3. The van der Waals surface area contributed by atoms with Gasteiger partial charge in [0, 0.05) is 18.3 Å². The lowest BCUT2D eigenvalue weighted by molar-refractivity contribution is -0.115. The number of sulfonamides is 1. The van der Waals surface area contributed by atoms with E-state index in [0.717, 1.165) is 31.4 Å². The van der Waals surface area contributed by atoms with Gasteiger partial charge in [-0.25, -0.2) is 13.1 Å². The minimum absolute atomic E-state index is 0.0974. The Morgan fingerprint density at radius 1 is 1.33 bits per heavy atom. The van der Waals surface area contributed by atoms with E-state index in [0.29, 0.717) is 18.3 Å². The van der Waals surface area contributed by atoms with Gasteiger partial charge in [0.2, 0.25) is 15.9 Å². The number of anilines is 1. The number of hydrogen-bond acceptors (Lipinski definition) is 4. The lowest BCUT2D eigenvalue weighted by Crippen LogP contribution is -2.30. The Morgan fingerprint density at radius 2 is 2.19 bits per heavy atom. The first-order valence-electron chi connectivity index (χ1n) is 7.20. The van der Waals surface area contributed by atoms with E-state index in [1.165, 1.54) is 6.07 Å². The summed E-state index contributed by atoms with van der Waals surface area (Å²) >= 11 is 0. The summed E-state index contributed by atoms with van der Waals surface area (Å²) in [6, 6.07) is 5.16. The van der Waals surface area contributed by atoms with E-state index in [4.69, 9.17) is 0 Å². The number of nitrogens with one attached hydrogen (secondary N) is 3. The Kier molecular flexibility index (Phi) is 3.97. The first kappa shape index (κ1) is 14.5. The van der Waals surface area contributed by atoms with E-state index >= 15 is 0 Å². The summed E-state index contributed by atoms with van der Waals surface area (Å²) in [5.41, 5.74) is 1.44. The molecule has 2 aliphatic heterocycles. The number of carbonyl (C=O) groups excluding carboxylic acids is 1. The predicted molar refractivity (Wildman–Crippen MR) is 79.6 cm³/mol. The minimum Gasteiger partial charge on any atom is -0.326 e. The van der Waals surface area contributed by atoms with Gasteiger partial charge >= 0.3 is 0 Å². The van der Waals surface area contributed by atoms with Gasteiger partial charge in [-0.2, -0.15) is 0 Å². The van der Waals surface area contributed by atoms with Crippen LogP contribution >= 0.6 is 0 Å². The van der Waals surface area contributed by atoms with E-state index in [2.05, 4.69) is 15.4 Å². The van der Waals surface area contributed by atoms with Gasteiger partial charge < -0.3 is 10.6 Å². The smallest absolute Gasteiger partial charge is 0.240 e. The fourth-order valence-corrected chi connectivity index (χ4v) is 3.92. The maximum atomic E-state index is 12.3. The van der Waals surface area contributed by atoms with Crippen LogP contribution in [0.25, 0.3) is 0 Å². The van der Waals surface area contributed by atoms with Gasteiger partial charge in [-0.05, 0) is 49.6 Å². The number of amides is 1. The van der Waals surface area contributed by atoms with Crippen molar-refractivity contribution < 1.29 is 13.2 Å². The third-order valence-electron chi connectivity index (χ3n) is 3.96. The normalized spacial score (nSPS) is 21.3. The molecule has 0 bridgehead atoms. The highest BCUT2D eigenvalue weighted by molar-refractivity contribution is 7.89. The molecule has 1 atom stereocenters. The molecule has 6 nitrogen and oxygen atoms in total. The molecule has 0 aromatic heterocycles. The number of fused-ring (bicyclic) bond motifs is 1. The van der Waals surface area contributed by atoms with Gasteiger partial charge in [0.25, 0.3) is 0 Å². The molecule has 1 aromatic carbocycles. The summed E-state index contributed by atoms with van der Waals surface area (Å²) in [6.07, 6.45) is 3.30. The molecule has 2 heterocycles. The van der Waals surface area contributed by atoms with Crippen molar-refractivity contribution in [2.24, 2.45) is 0 Å². The summed E-state index contributed by atoms with van der Waals surface area (Å²) < 4.78 is 27.1. The van der Waals surface area contributed by atoms with Gasteiger partial charge in [0.05, 0.1) is 11.3 Å². The number of carbonyl (C=O) groups is 1. The van der Waals surface area contributed by atoms with Crippen LogP contribution in [0, 0.1) is 0 Å². The van der Waals surface area contributed by atoms with Crippen molar-refractivity contribution in [1.29, 1.82) is 0 Å². The molecule has 1 fully saturated rings. The average molecular weight is 309 g/mol. The molecular weight excluding hydrogens is 290 g/mol. The van der Waals surface area contributed by atoms with Gasteiger partial charge in [0.1, 0.15) is 0 Å². The number of hydrogen-bond donors (Lipinski definition) is 3. The Morgan fingerprint density at radius 3 is 2.95 bits per heavy atom. The highest BCUT2D eigenvalue weighted by Crippen LogP contribution is 2.25. The van der Waals surface area contributed by atoms with Crippen molar-refractivity contribution in [3.05, 3.63) is 23.8 Å². The second-order valence-electron chi connectivity index (χ2n) is 5.52. The average Bonchev–Trinajstić information content (AvgIpc) is 3.05. The van der Waals surface area contributed by atoms with Crippen LogP contribution in [0.2, 0.25) is 0 Å². The molecular formula is C14H19N3O3S. The molecule has 0 radical (unpaired) electrons.